The third-order valence-corrected chi connectivity index (χ3v) is 20.5. The predicted octanol–water partition coefficient (Wildman–Crippen LogP) is -1.56. The van der Waals surface area contributed by atoms with Crippen LogP contribution in [-0.4, -0.2) is 232 Å². The Morgan fingerprint density at radius 3 is 1.80 bits per heavy atom. The van der Waals surface area contributed by atoms with Crippen LogP contribution in [0.4, 0.5) is 0 Å². The SMILES string of the molecule is CC(C)=CCC[C@](C)(O[C@H]1O[C@H](CO[C@H]2OC[C@H](O)[C@H](O)[C@H]2O)[C@@H](O)[C@H](O)[C@H]1O)[C@H]1CC[C@]2(C)[C@@H]1[C@H](O)C[C@@H]1[C@@]3(C)CC[C@H](O[C@H]4O[C@H](CO)[C@H](O)[C@H](O)[C@H]4O[C@@H]4O[C@H](CO)[C@@H](O)[C@H](O)[C@H]4O)C(C)(C)[C@@H]3CC[C@]12C. The van der Waals surface area contributed by atoms with Gasteiger partial charge in [0.25, 0.3) is 0 Å². The molecule has 0 aromatic rings. The largest absolute Gasteiger partial charge is 0.394 e. The molecule has 0 aromatic heterocycles. The highest BCUT2D eigenvalue weighted by atomic mass is 16.8. The van der Waals surface area contributed by atoms with E-state index in [4.69, 9.17) is 37.9 Å². The van der Waals surface area contributed by atoms with Gasteiger partial charge in [-0.05, 0) is 124 Å². The molecule has 4 heterocycles. The van der Waals surface area contributed by atoms with Gasteiger partial charge in [0, 0.05) is 0 Å². The predicted molar refractivity (Wildman–Crippen MR) is 260 cm³/mol. The van der Waals surface area contributed by atoms with Gasteiger partial charge in [-0.1, -0.05) is 46.3 Å². The summed E-state index contributed by atoms with van der Waals surface area (Å²) in [5.74, 6) is -0.395. The van der Waals surface area contributed by atoms with E-state index in [1.807, 2.05) is 20.8 Å². The van der Waals surface area contributed by atoms with E-state index in [-0.39, 0.29) is 41.1 Å². The normalized spacial score (nSPS) is 52.7. The minimum Gasteiger partial charge on any atom is -0.394 e. The lowest BCUT2D eigenvalue weighted by molar-refractivity contribution is -0.378. The molecule has 22 nitrogen and oxygen atoms in total. The summed E-state index contributed by atoms with van der Waals surface area (Å²) < 4.78 is 48.8. The second kappa shape index (κ2) is 22.7. The molecule has 4 aliphatic heterocycles. The Balaban J connectivity index is 1.01. The number of hydrogen-bond acceptors (Lipinski definition) is 22. The van der Waals surface area contributed by atoms with Gasteiger partial charge in [0.05, 0.1) is 44.2 Å². The lowest BCUT2D eigenvalue weighted by Crippen LogP contribution is -2.68. The van der Waals surface area contributed by atoms with Crippen molar-refractivity contribution in [3.05, 3.63) is 11.6 Å². The Morgan fingerprint density at radius 1 is 0.587 bits per heavy atom. The van der Waals surface area contributed by atoms with Crippen molar-refractivity contribution in [2.75, 3.05) is 26.4 Å². The highest BCUT2D eigenvalue weighted by Crippen LogP contribution is 2.76. The molecule has 4 saturated heterocycles. The first-order valence-corrected chi connectivity index (χ1v) is 27.3. The van der Waals surface area contributed by atoms with E-state index < -0.39 is 165 Å². The van der Waals surface area contributed by atoms with E-state index in [1.54, 1.807) is 0 Å². The van der Waals surface area contributed by atoms with Crippen LogP contribution >= 0.6 is 0 Å². The van der Waals surface area contributed by atoms with E-state index in [9.17, 15) is 71.5 Å². The Bertz CT molecular complexity index is 1940. The zero-order chi connectivity index (χ0) is 55.1. The zero-order valence-corrected chi connectivity index (χ0v) is 44.7. The second-order valence-corrected chi connectivity index (χ2v) is 25.3. The van der Waals surface area contributed by atoms with Crippen LogP contribution in [0.5, 0.6) is 0 Å². The number of rotatable bonds is 15. The zero-order valence-electron chi connectivity index (χ0n) is 44.7. The molecule has 22 heteroatoms. The number of hydrogen-bond donors (Lipinski definition) is 14. The van der Waals surface area contributed by atoms with Crippen molar-refractivity contribution in [3.63, 3.8) is 0 Å². The van der Waals surface area contributed by atoms with E-state index in [1.165, 1.54) is 0 Å². The fourth-order valence-electron chi connectivity index (χ4n) is 16.0. The number of aliphatic hydroxyl groups is 14. The average Bonchev–Trinajstić information content (AvgIpc) is 3.75. The maximum atomic E-state index is 12.8. The van der Waals surface area contributed by atoms with Crippen LogP contribution in [0.25, 0.3) is 0 Å². The van der Waals surface area contributed by atoms with Crippen LogP contribution in [0, 0.1) is 45.3 Å². The minimum absolute atomic E-state index is 0.0508. The molecule has 14 N–H and O–H groups in total. The van der Waals surface area contributed by atoms with E-state index in [0.29, 0.717) is 38.5 Å². The van der Waals surface area contributed by atoms with Crippen molar-refractivity contribution in [1.29, 1.82) is 0 Å². The molecule has 0 spiro atoms. The summed E-state index contributed by atoms with van der Waals surface area (Å²) in [6, 6.07) is 0. The van der Waals surface area contributed by atoms with Crippen molar-refractivity contribution in [3.8, 4) is 0 Å². The first kappa shape index (κ1) is 60.0. The summed E-state index contributed by atoms with van der Waals surface area (Å²) in [6.07, 6.45) is -22.6. The summed E-state index contributed by atoms with van der Waals surface area (Å²) in [5, 5.41) is 151. The van der Waals surface area contributed by atoms with Gasteiger partial charge in [-0.2, -0.15) is 0 Å². The van der Waals surface area contributed by atoms with Gasteiger partial charge >= 0.3 is 0 Å². The van der Waals surface area contributed by atoms with Crippen LogP contribution in [0.1, 0.15) is 113 Å². The van der Waals surface area contributed by atoms with Crippen molar-refractivity contribution in [2.24, 2.45) is 45.3 Å². The summed E-state index contributed by atoms with van der Waals surface area (Å²) in [4.78, 5) is 0. The molecular weight excluding hydrogens is 989 g/mol. The molecular formula is C53H90O22. The van der Waals surface area contributed by atoms with Crippen molar-refractivity contribution in [1.82, 2.24) is 0 Å². The lowest BCUT2D eigenvalue weighted by Gasteiger charge is -2.71. The molecule has 0 radical (unpaired) electrons. The van der Waals surface area contributed by atoms with Gasteiger partial charge in [0.15, 0.2) is 25.2 Å². The molecule has 0 unspecified atom stereocenters. The van der Waals surface area contributed by atoms with Crippen LogP contribution < -0.4 is 0 Å². The fourth-order valence-corrected chi connectivity index (χ4v) is 16.0. The summed E-state index contributed by atoms with van der Waals surface area (Å²) in [5.41, 5.74) is -1.48. The van der Waals surface area contributed by atoms with Gasteiger partial charge < -0.3 is 109 Å². The fraction of sp³-hybridized carbons (Fsp3) is 0.962. The molecule has 8 aliphatic rings. The van der Waals surface area contributed by atoms with Crippen LogP contribution in [0.2, 0.25) is 0 Å². The number of aliphatic hydroxyl groups excluding tert-OH is 14. The molecule has 4 saturated carbocycles. The molecule has 0 aromatic carbocycles. The maximum Gasteiger partial charge on any atom is 0.187 e. The molecule has 8 rings (SSSR count). The highest BCUT2D eigenvalue weighted by Gasteiger charge is 2.72. The van der Waals surface area contributed by atoms with Crippen LogP contribution in [-0.2, 0) is 37.9 Å². The molecule has 4 aliphatic carbocycles. The number of ether oxygens (including phenoxy) is 8. The summed E-state index contributed by atoms with van der Waals surface area (Å²) in [6.45, 7) is 15.1. The molecule has 8 fully saturated rings. The Labute approximate surface area is 439 Å². The molecule has 0 bridgehead atoms. The van der Waals surface area contributed by atoms with E-state index in [2.05, 4.69) is 40.7 Å². The standard InChI is InChI=1S/C53H90O22/c1-23(2)10-9-14-53(8,75-47-43(67)39(63)37(61)29(72-47)22-69-45-41(65)34(58)26(57)21-68-45)24-11-16-52(7)33(24)25(56)18-31-50(5)15-13-32(49(3,4)30(50)12-17-51(31,52)6)73-48-44(40(64)36(60)28(20-55)71-48)74-46-42(66)38(62)35(59)27(19-54)70-46/h10,24-48,54-67H,9,11-22H2,1-8H3/t24-,25+,26-,27+,28+,29+,30-,31+,32-,33-,34-,35+,36-,37+,38-,39-,40-,41+,42+,43+,44+,45+,46-,47+,48+,50-,51+,52+,53-/m0/s1. The van der Waals surface area contributed by atoms with Crippen LogP contribution in [0.3, 0.4) is 0 Å². The monoisotopic (exact) mass is 1080 g/mol. The maximum absolute atomic E-state index is 12.8. The second-order valence-electron chi connectivity index (χ2n) is 25.3. The smallest absolute Gasteiger partial charge is 0.187 e. The number of fused-ring (bicyclic) bond motifs is 5. The Kier molecular flexibility index (Phi) is 18.1. The van der Waals surface area contributed by atoms with Crippen LogP contribution in [0.15, 0.2) is 11.6 Å². The molecule has 75 heavy (non-hydrogen) atoms. The quantitative estimate of drug-likeness (QED) is 0.0651. The Hall–Kier alpha value is -1.14. The minimum atomic E-state index is -1.81. The van der Waals surface area contributed by atoms with E-state index in [0.717, 1.165) is 24.8 Å². The summed E-state index contributed by atoms with van der Waals surface area (Å²) in [7, 11) is 0. The van der Waals surface area contributed by atoms with Crippen molar-refractivity contribution in [2.45, 2.75) is 248 Å². The van der Waals surface area contributed by atoms with E-state index >= 15 is 0 Å². The lowest BCUT2D eigenvalue weighted by atomic mass is 9.35. The average molecular weight is 1080 g/mol. The third-order valence-electron chi connectivity index (χ3n) is 20.5. The van der Waals surface area contributed by atoms with Gasteiger partial charge in [-0.3, -0.25) is 0 Å². The van der Waals surface area contributed by atoms with Gasteiger partial charge in [0.1, 0.15) is 91.6 Å². The first-order chi connectivity index (χ1) is 35.1. The van der Waals surface area contributed by atoms with Gasteiger partial charge in [-0.25, -0.2) is 0 Å². The first-order valence-electron chi connectivity index (χ1n) is 27.3. The van der Waals surface area contributed by atoms with Gasteiger partial charge in [0.2, 0.25) is 0 Å². The number of allylic oxidation sites excluding steroid dienone is 2. The molecule has 0 amide bonds. The molecule has 434 valence electrons. The third kappa shape index (κ3) is 10.6. The molecule has 29 atom stereocenters. The topological polar surface area (TPSA) is 357 Å². The van der Waals surface area contributed by atoms with Crippen molar-refractivity contribution >= 4 is 0 Å². The van der Waals surface area contributed by atoms with Gasteiger partial charge in [-0.15, -0.1) is 0 Å². The highest BCUT2D eigenvalue weighted by molar-refractivity contribution is 5.20. The van der Waals surface area contributed by atoms with Crippen molar-refractivity contribution < 1.29 is 109 Å². The summed E-state index contributed by atoms with van der Waals surface area (Å²) >= 11 is 0. The Morgan fingerprint density at radius 2 is 1.16 bits per heavy atom.